The summed E-state index contributed by atoms with van der Waals surface area (Å²) in [6, 6.07) is 8.95. The second kappa shape index (κ2) is 7.77. The highest BCUT2D eigenvalue weighted by molar-refractivity contribution is 5.92. The molecule has 0 radical (unpaired) electrons. The van der Waals surface area contributed by atoms with Gasteiger partial charge in [-0.3, -0.25) is 9.69 Å². The lowest BCUT2D eigenvalue weighted by molar-refractivity contribution is -0.117. The van der Waals surface area contributed by atoms with Gasteiger partial charge in [0.1, 0.15) is 0 Å². The van der Waals surface area contributed by atoms with Gasteiger partial charge in [0.2, 0.25) is 5.91 Å². The van der Waals surface area contributed by atoms with Crippen molar-refractivity contribution in [3.63, 3.8) is 0 Å². The predicted molar refractivity (Wildman–Crippen MR) is 80.8 cm³/mol. The van der Waals surface area contributed by atoms with Gasteiger partial charge in [-0.15, -0.1) is 0 Å². The van der Waals surface area contributed by atoms with E-state index in [2.05, 4.69) is 11.4 Å². The minimum absolute atomic E-state index is 0.0882. The maximum atomic E-state index is 11.9. The number of amides is 1. The number of carbonyl (C=O) groups excluding carboxylic acids is 1. The van der Waals surface area contributed by atoms with Gasteiger partial charge in [0.15, 0.2) is 0 Å². The molecule has 1 fully saturated rings. The third-order valence-corrected chi connectivity index (χ3v) is 3.36. The van der Waals surface area contributed by atoms with Gasteiger partial charge in [-0.05, 0) is 44.0 Å². The van der Waals surface area contributed by atoms with Crippen LogP contribution in [0.3, 0.4) is 0 Å². The predicted octanol–water partition coefficient (Wildman–Crippen LogP) is 1.86. The van der Waals surface area contributed by atoms with Crippen molar-refractivity contribution in [2.24, 2.45) is 5.92 Å². The lowest BCUT2D eigenvalue weighted by atomic mass is 10.2. The molecule has 0 aliphatic heterocycles. The molecule has 1 aliphatic rings. The first-order valence-corrected chi connectivity index (χ1v) is 7.23. The Morgan fingerprint density at radius 2 is 2.33 bits per heavy atom. The molecule has 5 nitrogen and oxygen atoms in total. The first kappa shape index (κ1) is 15.5. The molecule has 1 saturated carbocycles. The quantitative estimate of drug-likeness (QED) is 0.741. The van der Waals surface area contributed by atoms with Crippen molar-refractivity contribution in [3.8, 4) is 6.07 Å². The molecule has 0 unspecified atom stereocenters. The fourth-order valence-electron chi connectivity index (χ4n) is 1.95. The normalized spacial score (nSPS) is 14.0. The van der Waals surface area contributed by atoms with Gasteiger partial charge in [0.25, 0.3) is 0 Å². The minimum Gasteiger partial charge on any atom is -0.380 e. The molecule has 21 heavy (non-hydrogen) atoms. The third-order valence-electron chi connectivity index (χ3n) is 3.36. The van der Waals surface area contributed by atoms with E-state index in [9.17, 15) is 4.79 Å². The number of hydrogen-bond acceptors (Lipinski definition) is 4. The molecule has 5 heteroatoms. The summed E-state index contributed by atoms with van der Waals surface area (Å²) in [7, 11) is 1.89. The number of rotatable bonds is 8. The number of nitrogens with zero attached hydrogens (tertiary/aromatic N) is 2. The molecule has 0 aromatic heterocycles. The van der Waals surface area contributed by atoms with Crippen molar-refractivity contribution >= 4 is 11.6 Å². The van der Waals surface area contributed by atoms with Crippen molar-refractivity contribution in [2.75, 3.05) is 38.7 Å². The Hall–Kier alpha value is -1.90. The number of benzene rings is 1. The van der Waals surface area contributed by atoms with Crippen molar-refractivity contribution < 1.29 is 9.53 Å². The lowest BCUT2D eigenvalue weighted by Gasteiger charge is -2.16. The topological polar surface area (TPSA) is 65.4 Å². The van der Waals surface area contributed by atoms with Crippen LogP contribution in [-0.2, 0) is 9.53 Å². The number of nitrogens with one attached hydrogen (secondary N) is 1. The van der Waals surface area contributed by atoms with Crippen LogP contribution in [0.15, 0.2) is 24.3 Å². The van der Waals surface area contributed by atoms with E-state index in [0.29, 0.717) is 24.4 Å². The highest BCUT2D eigenvalue weighted by Gasteiger charge is 2.21. The summed E-state index contributed by atoms with van der Waals surface area (Å²) in [4.78, 5) is 13.8. The molecular formula is C16H21N3O2. The molecule has 0 saturated heterocycles. The molecule has 0 bridgehead atoms. The van der Waals surface area contributed by atoms with Crippen molar-refractivity contribution in [3.05, 3.63) is 29.8 Å². The molecule has 0 heterocycles. The zero-order valence-electron chi connectivity index (χ0n) is 12.3. The molecular weight excluding hydrogens is 266 g/mol. The Labute approximate surface area is 125 Å². The van der Waals surface area contributed by atoms with E-state index in [4.69, 9.17) is 10.00 Å². The molecule has 1 amide bonds. The molecule has 2 rings (SSSR count). The van der Waals surface area contributed by atoms with Crippen LogP contribution >= 0.6 is 0 Å². The van der Waals surface area contributed by atoms with Gasteiger partial charge in [-0.1, -0.05) is 6.07 Å². The number of carbonyl (C=O) groups is 1. The van der Waals surface area contributed by atoms with Crippen LogP contribution in [0, 0.1) is 17.2 Å². The van der Waals surface area contributed by atoms with Crippen LogP contribution in [-0.4, -0.2) is 44.2 Å². The monoisotopic (exact) mass is 287 g/mol. The molecule has 0 atom stereocenters. The number of likely N-dealkylation sites (N-methyl/N-ethyl adjacent to an activating group) is 1. The summed E-state index contributed by atoms with van der Waals surface area (Å²) >= 11 is 0. The Balaban J connectivity index is 1.66. The number of nitriles is 1. The van der Waals surface area contributed by atoms with Crippen LogP contribution in [0.25, 0.3) is 0 Å². The molecule has 1 aromatic carbocycles. The summed E-state index contributed by atoms with van der Waals surface area (Å²) in [5.41, 5.74) is 1.19. The van der Waals surface area contributed by atoms with Gasteiger partial charge < -0.3 is 10.1 Å². The van der Waals surface area contributed by atoms with Gasteiger partial charge in [0.05, 0.1) is 24.8 Å². The highest BCUT2D eigenvalue weighted by atomic mass is 16.5. The van der Waals surface area contributed by atoms with Gasteiger partial charge in [-0.2, -0.15) is 5.26 Å². The summed E-state index contributed by atoms with van der Waals surface area (Å²) < 4.78 is 5.55. The number of ether oxygens (including phenoxy) is 1. The van der Waals surface area contributed by atoms with E-state index in [1.807, 2.05) is 11.9 Å². The maximum Gasteiger partial charge on any atom is 0.238 e. The summed E-state index contributed by atoms with van der Waals surface area (Å²) in [5, 5.41) is 11.6. The SMILES string of the molecule is CN(CCOCC1CC1)CC(=O)Nc1cccc(C#N)c1. The number of anilines is 1. The van der Waals surface area contributed by atoms with Crippen LogP contribution in [0.5, 0.6) is 0 Å². The molecule has 1 aliphatic carbocycles. The number of hydrogen-bond donors (Lipinski definition) is 1. The Morgan fingerprint density at radius 3 is 3.05 bits per heavy atom. The van der Waals surface area contributed by atoms with Crippen LogP contribution in [0.2, 0.25) is 0 Å². The second-order valence-electron chi connectivity index (χ2n) is 5.50. The third kappa shape index (κ3) is 5.94. The Bertz CT molecular complexity index is 520. The molecule has 1 N–H and O–H groups in total. The van der Waals surface area contributed by atoms with Gasteiger partial charge >= 0.3 is 0 Å². The standard InChI is InChI=1S/C16H21N3O2/c1-19(7-8-21-12-13-5-6-13)11-16(20)18-15-4-2-3-14(9-15)10-17/h2-4,9,13H,5-8,11-12H2,1H3,(H,18,20). The molecule has 0 spiro atoms. The van der Waals surface area contributed by atoms with E-state index in [1.165, 1.54) is 12.8 Å². The van der Waals surface area contributed by atoms with E-state index in [0.717, 1.165) is 19.1 Å². The second-order valence-corrected chi connectivity index (χ2v) is 5.50. The van der Waals surface area contributed by atoms with Crippen molar-refractivity contribution in [1.82, 2.24) is 4.90 Å². The Kier molecular flexibility index (Phi) is 5.73. The van der Waals surface area contributed by atoms with Crippen LogP contribution in [0.4, 0.5) is 5.69 Å². The fourth-order valence-corrected chi connectivity index (χ4v) is 1.95. The highest BCUT2D eigenvalue weighted by Crippen LogP contribution is 2.28. The lowest BCUT2D eigenvalue weighted by Crippen LogP contribution is -2.32. The average molecular weight is 287 g/mol. The van der Waals surface area contributed by atoms with Crippen LogP contribution in [0.1, 0.15) is 18.4 Å². The zero-order chi connectivity index (χ0) is 15.1. The van der Waals surface area contributed by atoms with E-state index in [1.54, 1.807) is 24.3 Å². The van der Waals surface area contributed by atoms with Crippen molar-refractivity contribution in [2.45, 2.75) is 12.8 Å². The average Bonchev–Trinajstić information content (AvgIpc) is 3.28. The van der Waals surface area contributed by atoms with Gasteiger partial charge in [0, 0.05) is 18.8 Å². The largest absolute Gasteiger partial charge is 0.380 e. The van der Waals surface area contributed by atoms with Gasteiger partial charge in [-0.25, -0.2) is 0 Å². The molecule has 1 aromatic rings. The minimum atomic E-state index is -0.0882. The summed E-state index contributed by atoms with van der Waals surface area (Å²) in [6.45, 7) is 2.55. The zero-order valence-corrected chi connectivity index (χ0v) is 12.3. The van der Waals surface area contributed by atoms with Crippen molar-refractivity contribution in [1.29, 1.82) is 5.26 Å². The maximum absolute atomic E-state index is 11.9. The first-order chi connectivity index (χ1) is 10.2. The Morgan fingerprint density at radius 1 is 1.52 bits per heavy atom. The summed E-state index contributed by atoms with van der Waals surface area (Å²) in [6.07, 6.45) is 2.58. The van der Waals surface area contributed by atoms with E-state index < -0.39 is 0 Å². The summed E-state index contributed by atoms with van der Waals surface area (Å²) in [5.74, 6) is 0.681. The molecule has 112 valence electrons. The van der Waals surface area contributed by atoms with E-state index >= 15 is 0 Å². The van der Waals surface area contributed by atoms with E-state index in [-0.39, 0.29) is 5.91 Å². The smallest absolute Gasteiger partial charge is 0.238 e. The first-order valence-electron chi connectivity index (χ1n) is 7.23. The van der Waals surface area contributed by atoms with Crippen LogP contribution < -0.4 is 5.32 Å². The fraction of sp³-hybridized carbons (Fsp3) is 0.500.